The second-order valence-corrected chi connectivity index (χ2v) is 8.90. The van der Waals surface area contributed by atoms with Crippen LogP contribution in [0.25, 0.3) is 0 Å². The van der Waals surface area contributed by atoms with Crippen molar-refractivity contribution >= 4 is 41.2 Å². The first kappa shape index (κ1) is 18.2. The van der Waals surface area contributed by atoms with Gasteiger partial charge in [0.15, 0.2) is 0 Å². The molecule has 0 spiro atoms. The molecule has 2 aliphatic rings. The molecule has 2 aromatic rings. The number of rotatable bonds is 3. The van der Waals surface area contributed by atoms with E-state index in [1.54, 1.807) is 12.1 Å². The molecule has 0 aliphatic carbocycles. The summed E-state index contributed by atoms with van der Waals surface area (Å²) in [4.78, 5) is 36.2. The van der Waals surface area contributed by atoms with E-state index in [0.717, 1.165) is 29.9 Å². The van der Waals surface area contributed by atoms with Gasteiger partial charge in [0.05, 0.1) is 28.2 Å². The molecule has 1 aromatic carbocycles. The van der Waals surface area contributed by atoms with E-state index in [0.29, 0.717) is 11.4 Å². The number of carboxylic acids is 1. The zero-order valence-electron chi connectivity index (χ0n) is 14.4. The number of amides is 1. The predicted octanol–water partition coefficient (Wildman–Crippen LogP) is 2.72. The number of anilines is 1. The van der Waals surface area contributed by atoms with Crippen LogP contribution in [0.4, 0.5) is 5.82 Å². The number of hydrogen-bond donors (Lipinski definition) is 3. The van der Waals surface area contributed by atoms with Gasteiger partial charge in [-0.25, -0.2) is 4.79 Å². The SMILES string of the molecule is O=C1CS[C@H](c2ccc(C(=O)O)cc2)c2c(n(C3CCSCC3)[nH]c2=O)N1. The Morgan fingerprint density at radius 1 is 1.15 bits per heavy atom. The van der Waals surface area contributed by atoms with Gasteiger partial charge < -0.3 is 10.4 Å². The highest BCUT2D eigenvalue weighted by Crippen LogP contribution is 2.41. The Bertz CT molecular complexity index is 929. The molecule has 142 valence electrons. The lowest BCUT2D eigenvalue weighted by Gasteiger charge is -2.24. The Morgan fingerprint density at radius 2 is 1.85 bits per heavy atom. The Kier molecular flexibility index (Phi) is 5.05. The van der Waals surface area contributed by atoms with Crippen LogP contribution in [0.5, 0.6) is 0 Å². The van der Waals surface area contributed by atoms with E-state index >= 15 is 0 Å². The van der Waals surface area contributed by atoms with Crippen molar-refractivity contribution in [1.82, 2.24) is 9.78 Å². The van der Waals surface area contributed by atoms with Crippen molar-refractivity contribution in [1.29, 1.82) is 0 Å². The average molecular weight is 406 g/mol. The minimum Gasteiger partial charge on any atom is -0.478 e. The summed E-state index contributed by atoms with van der Waals surface area (Å²) in [6, 6.07) is 6.66. The third-order valence-corrected chi connectivity index (χ3v) is 7.20. The van der Waals surface area contributed by atoms with E-state index in [-0.39, 0.29) is 34.1 Å². The van der Waals surface area contributed by atoms with Crippen molar-refractivity contribution in [3.8, 4) is 0 Å². The second kappa shape index (κ2) is 7.47. The second-order valence-electron chi connectivity index (χ2n) is 6.58. The van der Waals surface area contributed by atoms with E-state index in [2.05, 4.69) is 10.4 Å². The summed E-state index contributed by atoms with van der Waals surface area (Å²) >= 11 is 3.28. The van der Waals surface area contributed by atoms with Gasteiger partial charge in [-0.3, -0.25) is 19.4 Å². The zero-order chi connectivity index (χ0) is 19.0. The largest absolute Gasteiger partial charge is 0.478 e. The van der Waals surface area contributed by atoms with Crippen molar-refractivity contribution in [2.45, 2.75) is 24.1 Å². The topological polar surface area (TPSA) is 104 Å². The molecule has 0 radical (unpaired) electrons. The Labute approximate surface area is 163 Å². The van der Waals surface area contributed by atoms with Gasteiger partial charge >= 0.3 is 5.97 Å². The standard InChI is InChI=1S/C18H19N3O4S2/c22-13-9-27-15(10-1-3-11(4-2-10)18(24)25)14-16(19-13)21(20-17(14)23)12-5-7-26-8-6-12/h1-4,12,15H,5-9H2,(H,19,22)(H,20,23)(H,24,25)/t15-/m1/s1. The van der Waals surface area contributed by atoms with Crippen LogP contribution in [0.2, 0.25) is 0 Å². The summed E-state index contributed by atoms with van der Waals surface area (Å²) in [5, 5.41) is 14.6. The highest BCUT2D eigenvalue weighted by Gasteiger charge is 2.32. The van der Waals surface area contributed by atoms with Crippen LogP contribution in [-0.2, 0) is 4.79 Å². The first-order valence-corrected chi connectivity index (χ1v) is 10.9. The molecule has 0 saturated carbocycles. The molecule has 7 nitrogen and oxygen atoms in total. The molecule has 1 amide bonds. The monoisotopic (exact) mass is 405 g/mol. The quantitative estimate of drug-likeness (QED) is 0.725. The van der Waals surface area contributed by atoms with Gasteiger partial charge in [0.1, 0.15) is 5.82 Å². The summed E-state index contributed by atoms with van der Waals surface area (Å²) < 4.78 is 1.83. The van der Waals surface area contributed by atoms with Gasteiger partial charge in [-0.05, 0) is 42.0 Å². The molecule has 1 saturated heterocycles. The van der Waals surface area contributed by atoms with E-state index < -0.39 is 5.97 Å². The van der Waals surface area contributed by atoms with Crippen LogP contribution >= 0.6 is 23.5 Å². The van der Waals surface area contributed by atoms with Crippen LogP contribution in [-0.4, -0.2) is 44.0 Å². The van der Waals surface area contributed by atoms with Gasteiger partial charge in [-0.2, -0.15) is 11.8 Å². The van der Waals surface area contributed by atoms with Crippen molar-refractivity contribution in [3.63, 3.8) is 0 Å². The molecule has 3 heterocycles. The summed E-state index contributed by atoms with van der Waals surface area (Å²) in [6.45, 7) is 0. The van der Waals surface area contributed by atoms with E-state index in [9.17, 15) is 14.4 Å². The number of carboxylic acid groups (broad SMARTS) is 1. The van der Waals surface area contributed by atoms with E-state index in [1.165, 1.54) is 23.9 Å². The number of H-pyrrole nitrogens is 1. The van der Waals surface area contributed by atoms with Gasteiger partial charge in [0.25, 0.3) is 5.56 Å². The fourth-order valence-corrected chi connectivity index (χ4v) is 5.73. The first-order chi connectivity index (χ1) is 13.0. The average Bonchev–Trinajstić information content (AvgIpc) is 2.88. The Hall–Kier alpha value is -2.13. The van der Waals surface area contributed by atoms with Crippen molar-refractivity contribution in [3.05, 3.63) is 51.3 Å². The summed E-state index contributed by atoms with van der Waals surface area (Å²) in [7, 11) is 0. The normalized spacial score (nSPS) is 20.6. The van der Waals surface area contributed by atoms with Crippen LogP contribution in [0, 0.1) is 0 Å². The number of aromatic amines is 1. The molecule has 0 unspecified atom stereocenters. The minimum atomic E-state index is -0.994. The number of carbonyl (C=O) groups is 2. The highest BCUT2D eigenvalue weighted by atomic mass is 32.2. The maximum atomic E-state index is 12.8. The van der Waals surface area contributed by atoms with Gasteiger partial charge in [-0.15, -0.1) is 11.8 Å². The van der Waals surface area contributed by atoms with Gasteiger partial charge in [-0.1, -0.05) is 12.1 Å². The fraction of sp³-hybridized carbons (Fsp3) is 0.389. The zero-order valence-corrected chi connectivity index (χ0v) is 16.1. The van der Waals surface area contributed by atoms with Crippen LogP contribution < -0.4 is 10.9 Å². The summed E-state index contributed by atoms with van der Waals surface area (Å²) in [5.41, 5.74) is 1.33. The number of thioether (sulfide) groups is 2. The summed E-state index contributed by atoms with van der Waals surface area (Å²) in [6.07, 6.45) is 1.89. The van der Waals surface area contributed by atoms with Crippen molar-refractivity contribution in [2.24, 2.45) is 0 Å². The van der Waals surface area contributed by atoms with Gasteiger partial charge in [0.2, 0.25) is 5.91 Å². The maximum Gasteiger partial charge on any atom is 0.335 e. The fourth-order valence-electron chi connectivity index (χ4n) is 3.52. The maximum absolute atomic E-state index is 12.8. The predicted molar refractivity (Wildman–Crippen MR) is 107 cm³/mol. The van der Waals surface area contributed by atoms with Crippen LogP contribution in [0.1, 0.15) is 45.6 Å². The number of fused-ring (bicyclic) bond motifs is 1. The third kappa shape index (κ3) is 3.53. The van der Waals surface area contributed by atoms with E-state index in [4.69, 9.17) is 5.11 Å². The van der Waals surface area contributed by atoms with Crippen LogP contribution in [0.15, 0.2) is 29.1 Å². The number of benzene rings is 1. The lowest BCUT2D eigenvalue weighted by Crippen LogP contribution is -2.22. The molecule has 27 heavy (non-hydrogen) atoms. The number of nitrogens with zero attached hydrogens (tertiary/aromatic N) is 1. The van der Waals surface area contributed by atoms with Crippen molar-refractivity contribution in [2.75, 3.05) is 22.6 Å². The third-order valence-electron chi connectivity index (χ3n) is 4.88. The first-order valence-electron chi connectivity index (χ1n) is 8.71. The number of nitrogens with one attached hydrogen (secondary N) is 2. The summed E-state index contributed by atoms with van der Waals surface area (Å²) in [5.74, 6) is 1.72. The molecule has 1 atom stereocenters. The smallest absolute Gasteiger partial charge is 0.335 e. The number of carbonyl (C=O) groups excluding carboxylic acids is 1. The highest BCUT2D eigenvalue weighted by molar-refractivity contribution is 8.00. The molecule has 1 fully saturated rings. The van der Waals surface area contributed by atoms with Crippen molar-refractivity contribution < 1.29 is 14.7 Å². The van der Waals surface area contributed by atoms with E-state index in [1.807, 2.05) is 16.4 Å². The molecule has 9 heteroatoms. The lowest BCUT2D eigenvalue weighted by atomic mass is 10.0. The molecular weight excluding hydrogens is 386 g/mol. The molecule has 4 rings (SSSR count). The number of hydrogen-bond acceptors (Lipinski definition) is 5. The number of aromatic carboxylic acids is 1. The molecular formula is C18H19N3O4S2. The number of aromatic nitrogens is 2. The molecule has 3 N–H and O–H groups in total. The Morgan fingerprint density at radius 3 is 2.52 bits per heavy atom. The van der Waals surface area contributed by atoms with Gasteiger partial charge in [0, 0.05) is 0 Å². The molecule has 2 aliphatic heterocycles. The molecule has 0 bridgehead atoms. The Balaban J connectivity index is 1.77. The minimum absolute atomic E-state index is 0.135. The lowest BCUT2D eigenvalue weighted by molar-refractivity contribution is -0.113. The van der Waals surface area contributed by atoms with Crippen LogP contribution in [0.3, 0.4) is 0 Å². The molecule has 1 aromatic heterocycles.